The van der Waals surface area contributed by atoms with E-state index in [4.69, 9.17) is 0 Å². The van der Waals surface area contributed by atoms with Crippen molar-refractivity contribution in [3.63, 3.8) is 0 Å². The molecule has 1 atom stereocenters. The van der Waals surface area contributed by atoms with E-state index in [0.717, 1.165) is 14.9 Å². The molecular formula is C20H17BrN2O2S. The Bertz CT molecular complexity index is 855. The molecule has 3 aromatic rings. The summed E-state index contributed by atoms with van der Waals surface area (Å²) in [7, 11) is 0. The molecule has 6 heteroatoms. The number of aliphatic hydroxyl groups excluding tert-OH is 1. The first-order valence-corrected chi connectivity index (χ1v) is 9.77. The third-order valence-corrected chi connectivity index (χ3v) is 5.33. The first-order chi connectivity index (χ1) is 12.6. The van der Waals surface area contributed by atoms with Crippen LogP contribution in [0, 0.1) is 0 Å². The second kappa shape index (κ2) is 8.98. The minimum Gasteiger partial charge on any atom is -0.388 e. The Morgan fingerprint density at radius 2 is 1.69 bits per heavy atom. The van der Waals surface area contributed by atoms with Gasteiger partial charge in [0.05, 0.1) is 6.10 Å². The molecule has 1 aromatic heterocycles. The number of nitrogens with zero attached hydrogens (tertiary/aromatic N) is 1. The summed E-state index contributed by atoms with van der Waals surface area (Å²) in [6.45, 7) is 0. The van der Waals surface area contributed by atoms with Crippen molar-refractivity contribution < 1.29 is 9.90 Å². The number of anilines is 1. The van der Waals surface area contributed by atoms with Gasteiger partial charge in [-0.2, -0.15) is 0 Å². The van der Waals surface area contributed by atoms with E-state index < -0.39 is 6.10 Å². The zero-order chi connectivity index (χ0) is 18.4. The van der Waals surface area contributed by atoms with Gasteiger partial charge >= 0.3 is 0 Å². The molecule has 26 heavy (non-hydrogen) atoms. The topological polar surface area (TPSA) is 62.2 Å². The van der Waals surface area contributed by atoms with Gasteiger partial charge in [-0.1, -0.05) is 28.1 Å². The Morgan fingerprint density at radius 3 is 2.35 bits per heavy atom. The number of nitrogens with one attached hydrogen (secondary N) is 1. The predicted octanol–water partition coefficient (Wildman–Crippen LogP) is 4.92. The normalized spacial score (nSPS) is 11.8. The molecule has 2 N–H and O–H groups in total. The molecule has 0 saturated carbocycles. The van der Waals surface area contributed by atoms with Gasteiger partial charge in [-0.05, 0) is 54.1 Å². The number of aliphatic hydroxyl groups is 1. The van der Waals surface area contributed by atoms with E-state index in [1.54, 1.807) is 48.4 Å². The van der Waals surface area contributed by atoms with Crippen LogP contribution in [0.2, 0.25) is 0 Å². The maximum atomic E-state index is 12.2. The lowest BCUT2D eigenvalue weighted by molar-refractivity contribution is 0.102. The summed E-state index contributed by atoms with van der Waals surface area (Å²) in [4.78, 5) is 17.1. The van der Waals surface area contributed by atoms with Crippen molar-refractivity contribution in [1.82, 2.24) is 4.98 Å². The number of amides is 1. The zero-order valence-electron chi connectivity index (χ0n) is 13.8. The maximum Gasteiger partial charge on any atom is 0.255 e. The molecule has 0 fully saturated rings. The first kappa shape index (κ1) is 18.6. The molecule has 1 amide bonds. The third kappa shape index (κ3) is 5.17. The van der Waals surface area contributed by atoms with Gasteiger partial charge in [0, 0.05) is 38.8 Å². The van der Waals surface area contributed by atoms with E-state index in [0.29, 0.717) is 17.0 Å². The molecule has 4 nitrogen and oxygen atoms in total. The fourth-order valence-electron chi connectivity index (χ4n) is 2.30. The highest BCUT2D eigenvalue weighted by atomic mass is 79.9. The predicted molar refractivity (Wildman–Crippen MR) is 108 cm³/mol. The highest BCUT2D eigenvalue weighted by molar-refractivity contribution is 9.10. The van der Waals surface area contributed by atoms with Crippen LogP contribution in [-0.2, 0) is 0 Å². The number of halogens is 1. The average Bonchev–Trinajstić information content (AvgIpc) is 2.68. The number of carbonyl (C=O) groups excluding carboxylic acids is 1. The van der Waals surface area contributed by atoms with Gasteiger partial charge in [0.2, 0.25) is 0 Å². The SMILES string of the molecule is O=C(Nc1ccncc1)c1ccc(SCC(O)c2ccc(Br)cc2)cc1. The van der Waals surface area contributed by atoms with Crippen molar-refractivity contribution in [2.45, 2.75) is 11.0 Å². The highest BCUT2D eigenvalue weighted by Gasteiger charge is 2.09. The minimum absolute atomic E-state index is 0.164. The molecule has 2 aromatic carbocycles. The van der Waals surface area contributed by atoms with E-state index in [1.165, 1.54) is 0 Å². The van der Waals surface area contributed by atoms with E-state index in [1.807, 2.05) is 36.4 Å². The van der Waals surface area contributed by atoms with Crippen molar-refractivity contribution in [3.05, 3.63) is 88.7 Å². The number of hydrogen-bond donors (Lipinski definition) is 2. The Hall–Kier alpha value is -2.15. The van der Waals surface area contributed by atoms with Crippen molar-refractivity contribution >= 4 is 39.3 Å². The summed E-state index contributed by atoms with van der Waals surface area (Å²) in [5.41, 5.74) is 2.18. The summed E-state index contributed by atoms with van der Waals surface area (Å²) in [6.07, 6.45) is 2.72. The van der Waals surface area contributed by atoms with E-state index in [-0.39, 0.29) is 5.91 Å². The Morgan fingerprint density at radius 1 is 1.04 bits per heavy atom. The number of aromatic nitrogens is 1. The summed E-state index contributed by atoms with van der Waals surface area (Å²) in [5, 5.41) is 13.1. The fraction of sp³-hybridized carbons (Fsp3) is 0.100. The van der Waals surface area contributed by atoms with Crippen LogP contribution in [0.15, 0.2) is 82.4 Å². The van der Waals surface area contributed by atoms with Gasteiger partial charge in [-0.25, -0.2) is 0 Å². The Kier molecular flexibility index (Phi) is 6.44. The quantitative estimate of drug-likeness (QED) is 0.546. The maximum absolute atomic E-state index is 12.2. The molecule has 1 unspecified atom stereocenters. The molecule has 3 rings (SSSR count). The Labute approximate surface area is 164 Å². The standard InChI is InChI=1S/C20H17BrN2O2S/c21-16-5-1-14(2-6-16)19(24)13-26-18-7-3-15(4-8-18)20(25)23-17-9-11-22-12-10-17/h1-12,19,24H,13H2,(H,22,23,25). The molecular weight excluding hydrogens is 412 g/mol. The largest absolute Gasteiger partial charge is 0.388 e. The number of thioether (sulfide) groups is 1. The van der Waals surface area contributed by atoms with Crippen LogP contribution < -0.4 is 5.32 Å². The monoisotopic (exact) mass is 428 g/mol. The molecule has 0 aliphatic heterocycles. The Balaban J connectivity index is 1.55. The second-order valence-corrected chi connectivity index (χ2v) is 7.60. The van der Waals surface area contributed by atoms with Crippen LogP contribution in [0.3, 0.4) is 0 Å². The summed E-state index contributed by atoms with van der Waals surface area (Å²) in [6, 6.07) is 18.5. The molecule has 132 valence electrons. The van der Waals surface area contributed by atoms with Crippen molar-refractivity contribution in [1.29, 1.82) is 0 Å². The van der Waals surface area contributed by atoms with Crippen LogP contribution in [0.25, 0.3) is 0 Å². The number of pyridine rings is 1. The molecule has 0 saturated heterocycles. The first-order valence-electron chi connectivity index (χ1n) is 7.99. The van der Waals surface area contributed by atoms with Crippen LogP contribution >= 0.6 is 27.7 Å². The molecule has 0 aliphatic rings. The van der Waals surface area contributed by atoms with Crippen molar-refractivity contribution in [2.24, 2.45) is 0 Å². The number of hydrogen-bond acceptors (Lipinski definition) is 4. The van der Waals surface area contributed by atoms with Gasteiger partial charge in [0.1, 0.15) is 0 Å². The average molecular weight is 429 g/mol. The van der Waals surface area contributed by atoms with Crippen molar-refractivity contribution in [3.8, 4) is 0 Å². The van der Waals surface area contributed by atoms with E-state index in [2.05, 4.69) is 26.2 Å². The van der Waals surface area contributed by atoms with Crippen LogP contribution in [0.5, 0.6) is 0 Å². The lowest BCUT2D eigenvalue weighted by Crippen LogP contribution is -2.11. The number of carbonyl (C=O) groups is 1. The molecule has 0 bridgehead atoms. The van der Waals surface area contributed by atoms with Gasteiger partial charge in [0.25, 0.3) is 5.91 Å². The van der Waals surface area contributed by atoms with Crippen LogP contribution in [-0.4, -0.2) is 21.8 Å². The lowest BCUT2D eigenvalue weighted by Gasteiger charge is -2.11. The van der Waals surface area contributed by atoms with E-state index in [9.17, 15) is 9.90 Å². The summed E-state index contributed by atoms with van der Waals surface area (Å²) < 4.78 is 0.988. The smallest absolute Gasteiger partial charge is 0.255 e. The van der Waals surface area contributed by atoms with Crippen LogP contribution in [0.1, 0.15) is 22.0 Å². The molecule has 0 aliphatic carbocycles. The number of benzene rings is 2. The van der Waals surface area contributed by atoms with Gasteiger partial charge in [-0.15, -0.1) is 11.8 Å². The fourth-order valence-corrected chi connectivity index (χ4v) is 3.43. The molecule has 1 heterocycles. The lowest BCUT2D eigenvalue weighted by atomic mass is 10.1. The van der Waals surface area contributed by atoms with Crippen molar-refractivity contribution in [2.75, 3.05) is 11.1 Å². The third-order valence-electron chi connectivity index (χ3n) is 3.72. The minimum atomic E-state index is -0.539. The summed E-state index contributed by atoms with van der Waals surface area (Å²) in [5.74, 6) is 0.382. The zero-order valence-corrected chi connectivity index (χ0v) is 16.2. The second-order valence-electron chi connectivity index (χ2n) is 5.59. The van der Waals surface area contributed by atoms with Gasteiger partial charge in [0.15, 0.2) is 0 Å². The van der Waals surface area contributed by atoms with Gasteiger partial charge < -0.3 is 10.4 Å². The van der Waals surface area contributed by atoms with Gasteiger partial charge in [-0.3, -0.25) is 9.78 Å². The van der Waals surface area contributed by atoms with Crippen LogP contribution in [0.4, 0.5) is 5.69 Å². The van der Waals surface area contributed by atoms with E-state index >= 15 is 0 Å². The highest BCUT2D eigenvalue weighted by Crippen LogP contribution is 2.26. The summed E-state index contributed by atoms with van der Waals surface area (Å²) >= 11 is 4.94. The molecule has 0 spiro atoms. The number of rotatable bonds is 6. The molecule has 0 radical (unpaired) electrons.